The van der Waals surface area contributed by atoms with Crippen molar-refractivity contribution in [1.29, 1.82) is 0 Å². The van der Waals surface area contributed by atoms with Crippen molar-refractivity contribution in [2.24, 2.45) is 0 Å². The summed E-state index contributed by atoms with van der Waals surface area (Å²) in [5, 5.41) is 0. The van der Waals surface area contributed by atoms with E-state index in [0.717, 1.165) is 30.6 Å². The summed E-state index contributed by atoms with van der Waals surface area (Å²) in [4.78, 5) is 0. The lowest BCUT2D eigenvalue weighted by Gasteiger charge is -2.39. The van der Waals surface area contributed by atoms with Gasteiger partial charge in [0.25, 0.3) is 0 Å². The molecular formula is C18H24O5. The van der Waals surface area contributed by atoms with E-state index < -0.39 is 0 Å². The molecule has 5 nitrogen and oxygen atoms in total. The van der Waals surface area contributed by atoms with Gasteiger partial charge < -0.3 is 23.7 Å². The molecule has 3 heterocycles. The number of epoxide rings is 1. The quantitative estimate of drug-likeness (QED) is 0.802. The maximum atomic E-state index is 6.22. The van der Waals surface area contributed by atoms with Crippen molar-refractivity contribution in [2.45, 2.75) is 63.0 Å². The SMILES string of the molecule is CC[C@@H]1O[C@@H]2CO[C@@H](c3ccc(OC)cc3)O[C@H]2CC[C@@H]2O[C@@H]21. The van der Waals surface area contributed by atoms with Crippen molar-refractivity contribution >= 4 is 0 Å². The van der Waals surface area contributed by atoms with E-state index in [9.17, 15) is 0 Å². The van der Waals surface area contributed by atoms with E-state index in [2.05, 4.69) is 6.92 Å². The van der Waals surface area contributed by atoms with Gasteiger partial charge in [-0.2, -0.15) is 0 Å². The van der Waals surface area contributed by atoms with Crippen molar-refractivity contribution in [3.05, 3.63) is 29.8 Å². The Morgan fingerprint density at radius 1 is 1.00 bits per heavy atom. The van der Waals surface area contributed by atoms with Crippen LogP contribution in [0.3, 0.4) is 0 Å². The highest BCUT2D eigenvalue weighted by atomic mass is 16.7. The summed E-state index contributed by atoms with van der Waals surface area (Å²) in [6.45, 7) is 2.71. The van der Waals surface area contributed by atoms with E-state index >= 15 is 0 Å². The van der Waals surface area contributed by atoms with E-state index in [-0.39, 0.29) is 30.7 Å². The Labute approximate surface area is 136 Å². The molecule has 23 heavy (non-hydrogen) atoms. The molecule has 0 amide bonds. The number of hydrogen-bond donors (Lipinski definition) is 0. The standard InChI is InChI=1S/C18H24O5/c1-3-13-17-15(22-17)9-8-14-16(21-13)10-20-18(23-14)11-4-6-12(19-2)7-5-11/h4-7,13-18H,3,8-10H2,1-2H3/t13-,14-,15-,16+,17+,18+/m0/s1. The molecule has 0 radical (unpaired) electrons. The predicted molar refractivity (Wildman–Crippen MR) is 83.4 cm³/mol. The molecule has 6 atom stereocenters. The van der Waals surface area contributed by atoms with Crippen LogP contribution in [-0.4, -0.2) is 44.2 Å². The average Bonchev–Trinajstić information content (AvgIpc) is 3.35. The van der Waals surface area contributed by atoms with Crippen LogP contribution in [0.5, 0.6) is 5.75 Å². The Morgan fingerprint density at radius 3 is 2.52 bits per heavy atom. The molecule has 0 saturated carbocycles. The monoisotopic (exact) mass is 320 g/mol. The summed E-state index contributed by atoms with van der Waals surface area (Å²) in [6, 6.07) is 7.84. The molecule has 3 aliphatic heterocycles. The smallest absolute Gasteiger partial charge is 0.184 e. The summed E-state index contributed by atoms with van der Waals surface area (Å²) < 4.78 is 29.3. The first kappa shape index (κ1) is 15.4. The summed E-state index contributed by atoms with van der Waals surface area (Å²) in [5.74, 6) is 0.833. The minimum atomic E-state index is -0.332. The van der Waals surface area contributed by atoms with Gasteiger partial charge in [0.2, 0.25) is 0 Å². The summed E-state index contributed by atoms with van der Waals surface area (Å²) in [6.07, 6.45) is 3.49. The first-order valence-corrected chi connectivity index (χ1v) is 8.50. The van der Waals surface area contributed by atoms with Crippen LogP contribution < -0.4 is 4.74 Å². The summed E-state index contributed by atoms with van der Waals surface area (Å²) in [5.41, 5.74) is 1.01. The lowest BCUT2D eigenvalue weighted by atomic mass is 9.99. The van der Waals surface area contributed by atoms with E-state index in [0.29, 0.717) is 12.7 Å². The van der Waals surface area contributed by atoms with Crippen molar-refractivity contribution in [3.63, 3.8) is 0 Å². The highest BCUT2D eigenvalue weighted by Gasteiger charge is 2.49. The van der Waals surface area contributed by atoms with Gasteiger partial charge in [-0.05, 0) is 31.4 Å². The molecular weight excluding hydrogens is 296 g/mol. The summed E-state index contributed by atoms with van der Waals surface area (Å²) in [7, 11) is 1.66. The minimum absolute atomic E-state index is 0.000372. The second kappa shape index (κ2) is 6.40. The third-order valence-corrected chi connectivity index (χ3v) is 4.99. The van der Waals surface area contributed by atoms with E-state index in [4.69, 9.17) is 23.7 Å². The van der Waals surface area contributed by atoms with Crippen LogP contribution in [0, 0.1) is 0 Å². The largest absolute Gasteiger partial charge is 0.497 e. The van der Waals surface area contributed by atoms with Crippen molar-refractivity contribution in [3.8, 4) is 5.75 Å². The third-order valence-electron chi connectivity index (χ3n) is 4.99. The zero-order valence-electron chi connectivity index (χ0n) is 13.6. The topological polar surface area (TPSA) is 49.5 Å². The molecule has 0 unspecified atom stereocenters. The van der Waals surface area contributed by atoms with Crippen LogP contribution in [0.4, 0.5) is 0 Å². The van der Waals surface area contributed by atoms with Crippen LogP contribution in [0.2, 0.25) is 0 Å². The number of hydrogen-bond acceptors (Lipinski definition) is 5. The highest BCUT2D eigenvalue weighted by molar-refractivity contribution is 5.28. The number of benzene rings is 1. The summed E-state index contributed by atoms with van der Waals surface area (Å²) >= 11 is 0. The first-order valence-electron chi connectivity index (χ1n) is 8.50. The van der Waals surface area contributed by atoms with Gasteiger partial charge in [0.05, 0.1) is 32.0 Å². The van der Waals surface area contributed by atoms with E-state index in [1.807, 2.05) is 24.3 Å². The molecule has 0 bridgehead atoms. The number of methoxy groups -OCH3 is 1. The molecule has 1 aromatic rings. The van der Waals surface area contributed by atoms with Crippen LogP contribution in [0.25, 0.3) is 0 Å². The number of ether oxygens (including phenoxy) is 5. The van der Waals surface area contributed by atoms with Crippen LogP contribution in [0.15, 0.2) is 24.3 Å². The van der Waals surface area contributed by atoms with Crippen LogP contribution in [0.1, 0.15) is 38.0 Å². The second-order valence-corrected chi connectivity index (χ2v) is 6.45. The Balaban J connectivity index is 1.45. The van der Waals surface area contributed by atoms with Gasteiger partial charge in [0.1, 0.15) is 18.0 Å². The molecule has 1 aromatic carbocycles. The molecule has 4 rings (SSSR count). The molecule has 5 heteroatoms. The first-order chi connectivity index (χ1) is 11.3. The maximum absolute atomic E-state index is 6.22. The van der Waals surface area contributed by atoms with Crippen molar-refractivity contribution < 1.29 is 23.7 Å². The highest BCUT2D eigenvalue weighted by Crippen LogP contribution is 2.39. The molecule has 126 valence electrons. The van der Waals surface area contributed by atoms with Gasteiger partial charge in [-0.25, -0.2) is 0 Å². The van der Waals surface area contributed by atoms with E-state index in [1.165, 1.54) is 0 Å². The molecule has 0 aliphatic carbocycles. The Kier molecular flexibility index (Phi) is 4.28. The zero-order chi connectivity index (χ0) is 15.8. The van der Waals surface area contributed by atoms with Gasteiger partial charge in [-0.15, -0.1) is 0 Å². The number of fused-ring (bicyclic) bond motifs is 2. The van der Waals surface area contributed by atoms with Crippen LogP contribution >= 0.6 is 0 Å². The average molecular weight is 320 g/mol. The molecule has 0 N–H and O–H groups in total. The van der Waals surface area contributed by atoms with Gasteiger partial charge in [-0.1, -0.05) is 19.1 Å². The fourth-order valence-electron chi connectivity index (χ4n) is 3.57. The van der Waals surface area contributed by atoms with Gasteiger partial charge in [0.15, 0.2) is 6.29 Å². The van der Waals surface area contributed by atoms with Gasteiger partial charge in [0, 0.05) is 5.56 Å². The molecule has 0 aromatic heterocycles. The fraction of sp³-hybridized carbons (Fsp3) is 0.667. The molecule has 3 aliphatic rings. The van der Waals surface area contributed by atoms with Crippen LogP contribution in [-0.2, 0) is 18.9 Å². The Hall–Kier alpha value is -1.14. The van der Waals surface area contributed by atoms with Crippen molar-refractivity contribution in [2.75, 3.05) is 13.7 Å². The lowest BCUT2D eigenvalue weighted by Crippen LogP contribution is -2.46. The maximum Gasteiger partial charge on any atom is 0.184 e. The van der Waals surface area contributed by atoms with Gasteiger partial charge in [-0.3, -0.25) is 0 Å². The van der Waals surface area contributed by atoms with Gasteiger partial charge >= 0.3 is 0 Å². The number of rotatable bonds is 3. The normalized spacial score (nSPS) is 39.6. The van der Waals surface area contributed by atoms with Crippen molar-refractivity contribution in [1.82, 2.24) is 0 Å². The second-order valence-electron chi connectivity index (χ2n) is 6.45. The Morgan fingerprint density at radius 2 is 1.78 bits per heavy atom. The Bertz CT molecular complexity index is 531. The molecule has 3 saturated heterocycles. The molecule has 3 fully saturated rings. The fourth-order valence-corrected chi connectivity index (χ4v) is 3.57. The lowest BCUT2D eigenvalue weighted by molar-refractivity contribution is -0.276. The molecule has 0 spiro atoms. The van der Waals surface area contributed by atoms with E-state index in [1.54, 1.807) is 7.11 Å². The third kappa shape index (κ3) is 3.11. The zero-order valence-corrected chi connectivity index (χ0v) is 13.6. The minimum Gasteiger partial charge on any atom is -0.497 e. The predicted octanol–water partition coefficient (Wildman–Crippen LogP) is 2.83.